The number of hydrogen-bond donors (Lipinski definition) is 0. The molecule has 0 aliphatic rings. The van der Waals surface area contributed by atoms with Crippen LogP contribution in [0.2, 0.25) is 0 Å². The van der Waals surface area contributed by atoms with E-state index in [2.05, 4.69) is 0 Å². The first-order valence-electron chi connectivity index (χ1n) is 11.6. The Morgan fingerprint density at radius 3 is 0.415 bits per heavy atom. The minimum absolute atomic E-state index is 0. The molecule has 0 saturated heterocycles. The molecule has 0 heterocycles. The van der Waals surface area contributed by atoms with E-state index in [-0.39, 0.29) is 112 Å². The molecule has 235 valence electrons. The van der Waals surface area contributed by atoms with E-state index >= 15 is 0 Å². The molecule has 41 heavy (non-hydrogen) atoms. The van der Waals surface area contributed by atoms with Crippen molar-refractivity contribution >= 4 is 58.8 Å². The molecule has 0 aromatic heterocycles. The molecule has 0 aromatic rings. The summed E-state index contributed by atoms with van der Waals surface area (Å²) in [5.41, 5.74) is 0. The van der Waals surface area contributed by atoms with Crippen molar-refractivity contribution in [1.29, 1.82) is 0 Å². The van der Waals surface area contributed by atoms with E-state index in [0.717, 1.165) is 0 Å². The molecule has 0 fully saturated rings. The number of Topliss-reactive ketones (excluding diaryl/α,β-unsaturated/α-hetero) is 5. The molecule has 0 atom stereocenters. The van der Waals surface area contributed by atoms with Crippen molar-refractivity contribution in [3.05, 3.63) is 0 Å². The molecule has 0 aliphatic carbocycles. The molecule has 0 aromatic carbocycles. The Hall–Kier alpha value is -3.72. The standard InChI is InChI=1S/5C5H8O3.V/c5*1-4(6)2-3-5(7)8;/h5*2-3H2,1H3,(H,7,8);/p-5. The van der Waals surface area contributed by atoms with E-state index in [1.807, 2.05) is 0 Å². The van der Waals surface area contributed by atoms with Crippen LogP contribution in [0, 0.1) is 0 Å². The van der Waals surface area contributed by atoms with Crippen LogP contribution in [-0.4, -0.2) is 58.8 Å². The maximum absolute atomic E-state index is 10.1. The normalized spacial score (nSPS) is 8.41. The van der Waals surface area contributed by atoms with Crippen LogP contribution in [0.1, 0.15) is 98.8 Å². The number of hydrogen-bond acceptors (Lipinski definition) is 15. The van der Waals surface area contributed by atoms with Gasteiger partial charge < -0.3 is 73.5 Å². The summed E-state index contributed by atoms with van der Waals surface area (Å²) >= 11 is 0. The van der Waals surface area contributed by atoms with Crippen molar-refractivity contribution in [2.75, 3.05) is 0 Å². The summed E-state index contributed by atoms with van der Waals surface area (Å²) in [7, 11) is 0. The Kier molecular flexibility index (Phi) is 42.0. The van der Waals surface area contributed by atoms with Crippen LogP contribution < -0.4 is 25.5 Å². The Balaban J connectivity index is -0.0000000928. The van der Waals surface area contributed by atoms with Gasteiger partial charge in [-0.15, -0.1) is 0 Å². The van der Waals surface area contributed by atoms with Gasteiger partial charge in [-0.3, -0.25) is 0 Å². The first-order valence-corrected chi connectivity index (χ1v) is 11.6. The minimum atomic E-state index is -1.17. The maximum Gasteiger partial charge on any atom is 0.130 e. The largest absolute Gasteiger partial charge is 0.550 e. The molecule has 0 bridgehead atoms. The third-order valence-corrected chi connectivity index (χ3v) is 3.41. The SMILES string of the molecule is CC(=O)CCC(=O)[O-].CC(=O)CCC(=O)[O-].CC(=O)CCC(=O)[O-].CC(=O)CCC(=O)[O-].CC(=O)CCC(=O)[O-].[V]. The van der Waals surface area contributed by atoms with Crippen LogP contribution in [-0.2, 0) is 66.5 Å². The number of carbonyl (C=O) groups is 10. The molecule has 16 heteroatoms. The molecule has 0 amide bonds. The van der Waals surface area contributed by atoms with Crippen molar-refractivity contribution in [3.8, 4) is 0 Å². The van der Waals surface area contributed by atoms with Crippen LogP contribution in [0.25, 0.3) is 0 Å². The van der Waals surface area contributed by atoms with Gasteiger partial charge in [0.05, 0.1) is 0 Å². The van der Waals surface area contributed by atoms with E-state index in [9.17, 15) is 73.5 Å². The molecular formula is C25H35O15V-5. The smallest absolute Gasteiger partial charge is 0.130 e. The zero-order valence-electron chi connectivity index (χ0n) is 23.6. The fourth-order valence-corrected chi connectivity index (χ4v) is 1.39. The number of carboxylic acid groups (broad SMARTS) is 5. The average molecular weight is 626 g/mol. The van der Waals surface area contributed by atoms with Gasteiger partial charge in [-0.25, -0.2) is 0 Å². The van der Waals surface area contributed by atoms with Crippen LogP contribution in [0.4, 0.5) is 0 Å². The van der Waals surface area contributed by atoms with Crippen molar-refractivity contribution in [3.63, 3.8) is 0 Å². The Morgan fingerprint density at radius 1 is 0.293 bits per heavy atom. The zero-order valence-corrected chi connectivity index (χ0v) is 25.0. The summed E-state index contributed by atoms with van der Waals surface area (Å²) in [6.07, 6.45) is -0.359. The monoisotopic (exact) mass is 626 g/mol. The number of aliphatic carboxylic acids is 5. The molecule has 0 saturated carbocycles. The van der Waals surface area contributed by atoms with Gasteiger partial charge in [0.15, 0.2) is 0 Å². The van der Waals surface area contributed by atoms with Crippen LogP contribution >= 0.6 is 0 Å². The van der Waals surface area contributed by atoms with E-state index in [0.29, 0.717) is 0 Å². The molecule has 15 nitrogen and oxygen atoms in total. The van der Waals surface area contributed by atoms with Crippen molar-refractivity contribution in [1.82, 2.24) is 0 Å². The van der Waals surface area contributed by atoms with Gasteiger partial charge in [0.1, 0.15) is 28.9 Å². The predicted octanol–water partition coefficient (Wildman–Crippen LogP) is -4.47. The third kappa shape index (κ3) is 94.1. The van der Waals surface area contributed by atoms with E-state index in [4.69, 9.17) is 0 Å². The van der Waals surface area contributed by atoms with E-state index in [1.54, 1.807) is 0 Å². The topological polar surface area (TPSA) is 286 Å². The molecule has 0 aliphatic heterocycles. The summed E-state index contributed by atoms with van der Waals surface area (Å²) in [5.74, 6) is -6.41. The minimum Gasteiger partial charge on any atom is -0.550 e. The van der Waals surface area contributed by atoms with Gasteiger partial charge in [-0.05, 0) is 66.7 Å². The number of ketones is 5. The van der Waals surface area contributed by atoms with Crippen molar-refractivity contribution in [2.45, 2.75) is 98.8 Å². The van der Waals surface area contributed by atoms with Gasteiger partial charge >= 0.3 is 0 Å². The Bertz CT molecular complexity index is 631. The maximum atomic E-state index is 10.1. The van der Waals surface area contributed by atoms with Gasteiger partial charge in [-0.1, -0.05) is 0 Å². The van der Waals surface area contributed by atoms with Gasteiger partial charge in [0, 0.05) is 80.5 Å². The summed E-state index contributed by atoms with van der Waals surface area (Å²) < 4.78 is 0. The molecule has 0 unspecified atom stereocenters. The first-order chi connectivity index (χ1) is 18.1. The van der Waals surface area contributed by atoms with Gasteiger partial charge in [0.25, 0.3) is 0 Å². The fraction of sp³-hybridized carbons (Fsp3) is 0.600. The molecular weight excluding hydrogens is 591 g/mol. The van der Waals surface area contributed by atoms with Crippen molar-refractivity contribution < 1.29 is 92.0 Å². The second kappa shape index (κ2) is 34.3. The van der Waals surface area contributed by atoms with Gasteiger partial charge in [-0.2, -0.15) is 0 Å². The van der Waals surface area contributed by atoms with Crippen LogP contribution in [0.15, 0.2) is 0 Å². The second-order valence-corrected chi connectivity index (χ2v) is 7.87. The van der Waals surface area contributed by atoms with E-state index < -0.39 is 29.8 Å². The summed E-state index contributed by atoms with van der Waals surface area (Å²) in [4.78, 5) is 98.5. The second-order valence-electron chi connectivity index (χ2n) is 7.87. The number of carbonyl (C=O) groups excluding carboxylic acids is 10. The molecule has 0 rings (SSSR count). The van der Waals surface area contributed by atoms with Gasteiger partial charge in [0.2, 0.25) is 0 Å². The molecule has 0 spiro atoms. The Morgan fingerprint density at radius 2 is 0.390 bits per heavy atom. The number of carboxylic acids is 5. The predicted molar refractivity (Wildman–Crippen MR) is 125 cm³/mol. The van der Waals surface area contributed by atoms with E-state index in [1.165, 1.54) is 34.6 Å². The number of rotatable bonds is 15. The molecule has 0 N–H and O–H groups in total. The van der Waals surface area contributed by atoms with Crippen molar-refractivity contribution in [2.24, 2.45) is 0 Å². The molecule has 1 radical (unpaired) electrons. The average Bonchev–Trinajstić information content (AvgIpc) is 2.79. The zero-order chi connectivity index (χ0) is 32.8. The first kappa shape index (κ1) is 50.2. The Labute approximate surface area is 249 Å². The quantitative estimate of drug-likeness (QED) is 0.166. The summed E-state index contributed by atoms with van der Waals surface area (Å²) in [5, 5.41) is 48.2. The summed E-state index contributed by atoms with van der Waals surface area (Å²) in [6.45, 7) is 6.75. The van der Waals surface area contributed by atoms with Crippen LogP contribution in [0.3, 0.4) is 0 Å². The fourth-order valence-electron chi connectivity index (χ4n) is 1.39. The summed E-state index contributed by atoms with van der Waals surface area (Å²) in [6, 6.07) is 0. The van der Waals surface area contributed by atoms with Crippen LogP contribution in [0.5, 0.6) is 0 Å². The third-order valence-electron chi connectivity index (χ3n) is 3.41.